The highest BCUT2D eigenvalue weighted by atomic mass is 32.2. The number of aryl methyl sites for hydroxylation is 1. The number of aromatic nitrogens is 1. The number of anilines is 2. The maximum Gasteiger partial charge on any atom is 0.301 e. The molecular formula is C25H21FN4O3S. The number of fused-ring (bicyclic) bond motifs is 1. The van der Waals surface area contributed by atoms with E-state index in [4.69, 9.17) is 0 Å². The van der Waals surface area contributed by atoms with Crippen LogP contribution in [0.3, 0.4) is 0 Å². The first-order valence-corrected chi connectivity index (χ1v) is 12.1. The molecule has 1 fully saturated rings. The van der Waals surface area contributed by atoms with E-state index in [9.17, 15) is 17.6 Å². The molecule has 3 aromatic carbocycles. The van der Waals surface area contributed by atoms with E-state index in [1.807, 2.05) is 30.3 Å². The molecule has 4 aromatic rings. The Morgan fingerprint density at radius 2 is 1.91 bits per heavy atom. The fraction of sp³-hybridized carbons (Fsp3) is 0.120. The summed E-state index contributed by atoms with van der Waals surface area (Å²) in [6.07, 6.45) is 1.63. The maximum atomic E-state index is 14.8. The van der Waals surface area contributed by atoms with Crippen molar-refractivity contribution >= 4 is 38.3 Å². The molecular weight excluding hydrogens is 455 g/mol. The van der Waals surface area contributed by atoms with E-state index in [1.54, 1.807) is 37.4 Å². The second kappa shape index (κ2) is 8.51. The molecule has 0 aliphatic carbocycles. The van der Waals surface area contributed by atoms with Gasteiger partial charge in [0.2, 0.25) is 0 Å². The second-order valence-corrected chi connectivity index (χ2v) is 9.68. The minimum Gasteiger partial charge on any atom is -0.322 e. The van der Waals surface area contributed by atoms with Gasteiger partial charge in [0.15, 0.2) is 0 Å². The van der Waals surface area contributed by atoms with Gasteiger partial charge in [-0.05, 0) is 60.3 Å². The average molecular weight is 477 g/mol. The number of hydrogen-bond acceptors (Lipinski definition) is 4. The number of carbonyl (C=O) groups is 1. The summed E-state index contributed by atoms with van der Waals surface area (Å²) in [7, 11) is -3.55. The smallest absolute Gasteiger partial charge is 0.301 e. The van der Waals surface area contributed by atoms with E-state index in [1.165, 1.54) is 16.4 Å². The van der Waals surface area contributed by atoms with Crippen LogP contribution in [0, 0.1) is 12.7 Å². The lowest BCUT2D eigenvalue weighted by atomic mass is 10.0. The van der Waals surface area contributed by atoms with E-state index < -0.39 is 16.0 Å². The summed E-state index contributed by atoms with van der Waals surface area (Å²) >= 11 is 0. The van der Waals surface area contributed by atoms with E-state index in [0.717, 1.165) is 10.8 Å². The van der Waals surface area contributed by atoms with Gasteiger partial charge in [0, 0.05) is 41.5 Å². The Bertz CT molecular complexity index is 1530. The van der Waals surface area contributed by atoms with Gasteiger partial charge in [0.1, 0.15) is 5.82 Å². The van der Waals surface area contributed by atoms with Crippen LogP contribution in [0.5, 0.6) is 0 Å². The second-order valence-electron chi connectivity index (χ2n) is 8.00. The zero-order valence-electron chi connectivity index (χ0n) is 18.2. The van der Waals surface area contributed by atoms with Gasteiger partial charge in [-0.2, -0.15) is 13.1 Å². The normalized spacial score (nSPS) is 14.9. The molecule has 0 unspecified atom stereocenters. The van der Waals surface area contributed by atoms with Crippen LogP contribution < -0.4 is 14.3 Å². The Kier molecular flexibility index (Phi) is 5.51. The van der Waals surface area contributed by atoms with Gasteiger partial charge in [-0.1, -0.05) is 24.3 Å². The minimum absolute atomic E-state index is 0.286. The summed E-state index contributed by atoms with van der Waals surface area (Å²) in [4.78, 5) is 17.4. The van der Waals surface area contributed by atoms with E-state index >= 15 is 0 Å². The maximum absolute atomic E-state index is 14.8. The highest BCUT2D eigenvalue weighted by Gasteiger charge is 2.28. The topological polar surface area (TPSA) is 91.4 Å². The first kappa shape index (κ1) is 22.0. The van der Waals surface area contributed by atoms with Gasteiger partial charge in [-0.3, -0.25) is 14.1 Å². The summed E-state index contributed by atoms with van der Waals surface area (Å²) in [5.41, 5.74) is 2.70. The fourth-order valence-corrected chi connectivity index (χ4v) is 5.34. The fourth-order valence-electron chi connectivity index (χ4n) is 4.12. The Morgan fingerprint density at radius 1 is 1.09 bits per heavy atom. The minimum atomic E-state index is -3.55. The van der Waals surface area contributed by atoms with Crippen molar-refractivity contribution in [2.75, 3.05) is 22.7 Å². The van der Waals surface area contributed by atoms with Crippen molar-refractivity contribution < 1.29 is 17.6 Å². The lowest BCUT2D eigenvalue weighted by Gasteiger charge is -2.17. The molecule has 7 nitrogen and oxygen atoms in total. The van der Waals surface area contributed by atoms with Gasteiger partial charge in [-0.25, -0.2) is 4.39 Å². The van der Waals surface area contributed by atoms with Gasteiger partial charge in [0.25, 0.3) is 5.91 Å². The van der Waals surface area contributed by atoms with Gasteiger partial charge < -0.3 is 5.32 Å². The number of carbonyl (C=O) groups excluding carboxylic acids is 1. The monoisotopic (exact) mass is 476 g/mol. The van der Waals surface area contributed by atoms with Gasteiger partial charge >= 0.3 is 10.2 Å². The number of nitrogens with one attached hydrogen (secondary N) is 2. The SMILES string of the molecule is Cc1cc(N2CCNS2(=O)=O)ccc1C(=O)Nc1ccc(F)c(-c2nccc3ccccc23)c1. The Labute approximate surface area is 196 Å². The van der Waals surface area contributed by atoms with Crippen LogP contribution in [0.2, 0.25) is 0 Å². The third-order valence-electron chi connectivity index (χ3n) is 5.79. The van der Waals surface area contributed by atoms with Crippen molar-refractivity contribution in [2.45, 2.75) is 6.92 Å². The molecule has 172 valence electrons. The molecule has 0 spiro atoms. The molecule has 34 heavy (non-hydrogen) atoms. The average Bonchev–Trinajstić information content (AvgIpc) is 3.18. The highest BCUT2D eigenvalue weighted by Crippen LogP contribution is 2.31. The summed E-state index contributed by atoms with van der Waals surface area (Å²) < 4.78 is 42.7. The van der Waals surface area contributed by atoms with Crippen molar-refractivity contribution in [1.82, 2.24) is 9.71 Å². The van der Waals surface area contributed by atoms with Crippen LogP contribution in [0.15, 0.2) is 72.9 Å². The molecule has 9 heteroatoms. The largest absolute Gasteiger partial charge is 0.322 e. The molecule has 1 saturated heterocycles. The first-order chi connectivity index (χ1) is 16.3. The Hall–Kier alpha value is -3.82. The molecule has 1 aliphatic heterocycles. The molecule has 1 amide bonds. The lowest BCUT2D eigenvalue weighted by molar-refractivity contribution is 0.102. The number of halogens is 1. The van der Waals surface area contributed by atoms with Crippen LogP contribution in [0.1, 0.15) is 15.9 Å². The number of pyridine rings is 1. The van der Waals surface area contributed by atoms with Crippen molar-refractivity contribution in [3.8, 4) is 11.3 Å². The van der Waals surface area contributed by atoms with Crippen molar-refractivity contribution in [2.24, 2.45) is 0 Å². The lowest BCUT2D eigenvalue weighted by Crippen LogP contribution is -2.29. The van der Waals surface area contributed by atoms with E-state index in [2.05, 4.69) is 15.0 Å². The third-order valence-corrected chi connectivity index (χ3v) is 7.33. The molecule has 5 rings (SSSR count). The van der Waals surface area contributed by atoms with Crippen LogP contribution in [-0.4, -0.2) is 32.4 Å². The molecule has 0 radical (unpaired) electrons. The van der Waals surface area contributed by atoms with Crippen LogP contribution >= 0.6 is 0 Å². The standard InChI is InChI=1S/C25H21FN4O3S/c1-16-14-19(30-13-12-28-34(30,32)33)7-8-20(16)25(31)29-18-6-9-23(26)22(15-18)24-21-5-3-2-4-17(21)10-11-27-24/h2-11,14-15,28H,12-13H2,1H3,(H,29,31). The highest BCUT2D eigenvalue weighted by molar-refractivity contribution is 7.91. The zero-order valence-corrected chi connectivity index (χ0v) is 19.1. The summed E-state index contributed by atoms with van der Waals surface area (Å²) in [6, 6.07) is 18.7. The summed E-state index contributed by atoms with van der Waals surface area (Å²) in [6.45, 7) is 2.40. The summed E-state index contributed by atoms with van der Waals surface area (Å²) in [5, 5.41) is 4.56. The number of benzene rings is 3. The van der Waals surface area contributed by atoms with Gasteiger partial charge in [0.05, 0.1) is 11.4 Å². The van der Waals surface area contributed by atoms with E-state index in [0.29, 0.717) is 41.3 Å². The van der Waals surface area contributed by atoms with Crippen molar-refractivity contribution in [1.29, 1.82) is 0 Å². The van der Waals surface area contributed by atoms with E-state index in [-0.39, 0.29) is 11.5 Å². The van der Waals surface area contributed by atoms with Crippen LogP contribution in [0.25, 0.3) is 22.0 Å². The molecule has 0 bridgehead atoms. The molecule has 0 atom stereocenters. The first-order valence-electron chi connectivity index (χ1n) is 10.7. The molecule has 0 saturated carbocycles. The van der Waals surface area contributed by atoms with Crippen molar-refractivity contribution in [3.05, 3.63) is 89.9 Å². The summed E-state index contributed by atoms with van der Waals surface area (Å²) in [5.74, 6) is -0.822. The van der Waals surface area contributed by atoms with Gasteiger partial charge in [-0.15, -0.1) is 0 Å². The van der Waals surface area contributed by atoms with Crippen molar-refractivity contribution in [3.63, 3.8) is 0 Å². The molecule has 2 heterocycles. The Morgan fingerprint density at radius 3 is 2.68 bits per heavy atom. The number of rotatable bonds is 4. The Balaban J connectivity index is 1.44. The van der Waals surface area contributed by atoms with Crippen LogP contribution in [-0.2, 0) is 10.2 Å². The predicted molar refractivity (Wildman–Crippen MR) is 131 cm³/mol. The predicted octanol–water partition coefficient (Wildman–Crippen LogP) is 4.26. The van der Waals surface area contributed by atoms with Crippen LogP contribution in [0.4, 0.5) is 15.8 Å². The molecule has 1 aliphatic rings. The third kappa shape index (κ3) is 4.00. The number of amides is 1. The zero-order chi connectivity index (χ0) is 23.9. The number of nitrogens with zero attached hydrogens (tertiary/aromatic N) is 2. The number of hydrogen-bond donors (Lipinski definition) is 2. The quantitative estimate of drug-likeness (QED) is 0.461. The molecule has 2 N–H and O–H groups in total. The molecule has 1 aromatic heterocycles.